The van der Waals surface area contributed by atoms with Crippen LogP contribution in [0.2, 0.25) is 0 Å². The summed E-state index contributed by atoms with van der Waals surface area (Å²) in [6, 6.07) is 13.1. The molecule has 0 aliphatic rings. The van der Waals surface area contributed by atoms with Gasteiger partial charge in [0.25, 0.3) is 5.91 Å². The van der Waals surface area contributed by atoms with Crippen LogP contribution in [0.3, 0.4) is 0 Å². The maximum absolute atomic E-state index is 12.0. The molecule has 24 heavy (non-hydrogen) atoms. The van der Waals surface area contributed by atoms with Crippen LogP contribution in [0.15, 0.2) is 53.6 Å². The van der Waals surface area contributed by atoms with E-state index in [1.807, 2.05) is 6.92 Å². The average molecular weight is 325 g/mol. The fraction of sp³-hybridized carbons (Fsp3) is 0.167. The van der Waals surface area contributed by atoms with Crippen LogP contribution >= 0.6 is 0 Å². The molecular formula is C18H19N3O3. The summed E-state index contributed by atoms with van der Waals surface area (Å²) in [7, 11) is 0. The molecule has 124 valence electrons. The molecule has 2 amide bonds. The number of benzene rings is 2. The van der Waals surface area contributed by atoms with Gasteiger partial charge in [0, 0.05) is 17.7 Å². The molecule has 0 heterocycles. The molecule has 2 aromatic rings. The van der Waals surface area contributed by atoms with E-state index in [-0.39, 0.29) is 17.6 Å². The molecule has 0 fully saturated rings. The number of hydrogen-bond donors (Lipinski definition) is 3. The van der Waals surface area contributed by atoms with Gasteiger partial charge in [-0.3, -0.25) is 9.59 Å². The standard InChI is InChI=1S/C18H19N3O3/c1-2-4-17(23)20-15-9-7-14(8-10-15)18(24)21-19-12-13-5-3-6-16(22)11-13/h3,5-12,22H,2,4H2,1H3,(H,20,23)(H,21,24)/b19-12+. The number of hydrogen-bond acceptors (Lipinski definition) is 4. The Balaban J connectivity index is 1.91. The molecule has 0 radical (unpaired) electrons. The summed E-state index contributed by atoms with van der Waals surface area (Å²) in [6.07, 6.45) is 2.69. The van der Waals surface area contributed by atoms with Crippen molar-refractivity contribution in [3.05, 3.63) is 59.7 Å². The molecule has 0 unspecified atom stereocenters. The normalized spacial score (nSPS) is 10.5. The van der Waals surface area contributed by atoms with Crippen molar-refractivity contribution in [1.29, 1.82) is 0 Å². The minimum Gasteiger partial charge on any atom is -0.508 e. The van der Waals surface area contributed by atoms with Gasteiger partial charge in [-0.25, -0.2) is 5.43 Å². The Kier molecular flexibility index (Phi) is 6.08. The smallest absolute Gasteiger partial charge is 0.271 e. The molecule has 0 atom stereocenters. The number of amides is 2. The summed E-state index contributed by atoms with van der Waals surface area (Å²) in [4.78, 5) is 23.5. The molecule has 0 saturated heterocycles. The van der Waals surface area contributed by atoms with Crippen LogP contribution in [0.5, 0.6) is 5.75 Å². The molecule has 0 bridgehead atoms. The molecule has 0 aromatic heterocycles. The molecule has 6 heteroatoms. The fourth-order valence-electron chi connectivity index (χ4n) is 1.99. The fourth-order valence-corrected chi connectivity index (χ4v) is 1.99. The summed E-state index contributed by atoms with van der Waals surface area (Å²) in [5.41, 5.74) is 4.15. The Morgan fingerprint density at radius 2 is 1.92 bits per heavy atom. The lowest BCUT2D eigenvalue weighted by Crippen LogP contribution is -2.17. The molecular weight excluding hydrogens is 306 g/mol. The number of phenolic OH excluding ortho intramolecular Hbond substituents is 1. The van der Waals surface area contributed by atoms with Gasteiger partial charge in [0.05, 0.1) is 6.21 Å². The number of phenols is 1. The third-order valence-corrected chi connectivity index (χ3v) is 3.16. The molecule has 3 N–H and O–H groups in total. The van der Waals surface area contributed by atoms with E-state index in [4.69, 9.17) is 0 Å². The molecule has 2 aromatic carbocycles. The van der Waals surface area contributed by atoms with Crippen molar-refractivity contribution >= 4 is 23.7 Å². The van der Waals surface area contributed by atoms with Crippen molar-refractivity contribution in [1.82, 2.24) is 5.43 Å². The van der Waals surface area contributed by atoms with Crippen molar-refractivity contribution in [3.63, 3.8) is 0 Å². The highest BCUT2D eigenvalue weighted by molar-refractivity contribution is 5.96. The first-order chi connectivity index (χ1) is 11.6. The number of aromatic hydroxyl groups is 1. The van der Waals surface area contributed by atoms with Gasteiger partial charge in [0.2, 0.25) is 5.91 Å². The minimum atomic E-state index is -0.363. The third kappa shape index (κ3) is 5.24. The molecule has 0 aliphatic carbocycles. The van der Waals surface area contributed by atoms with Crippen LogP contribution in [-0.2, 0) is 4.79 Å². The number of carbonyl (C=O) groups excluding carboxylic acids is 2. The Labute approximate surface area is 140 Å². The maximum Gasteiger partial charge on any atom is 0.271 e. The summed E-state index contributed by atoms with van der Waals surface area (Å²) in [5.74, 6) is -0.283. The topological polar surface area (TPSA) is 90.8 Å². The van der Waals surface area contributed by atoms with E-state index in [0.717, 1.165) is 6.42 Å². The quantitative estimate of drug-likeness (QED) is 0.563. The summed E-state index contributed by atoms with van der Waals surface area (Å²) in [5, 5.41) is 15.9. The average Bonchev–Trinajstić information content (AvgIpc) is 2.55. The zero-order valence-corrected chi connectivity index (χ0v) is 13.3. The molecule has 6 nitrogen and oxygen atoms in total. The van der Waals surface area contributed by atoms with Gasteiger partial charge in [-0.1, -0.05) is 19.1 Å². The Hall–Kier alpha value is -3.15. The van der Waals surface area contributed by atoms with Crippen LogP contribution in [0.4, 0.5) is 5.69 Å². The van der Waals surface area contributed by atoms with E-state index in [1.165, 1.54) is 12.3 Å². The highest BCUT2D eigenvalue weighted by atomic mass is 16.3. The van der Waals surface area contributed by atoms with Gasteiger partial charge in [-0.2, -0.15) is 5.10 Å². The monoisotopic (exact) mass is 325 g/mol. The van der Waals surface area contributed by atoms with Crippen molar-refractivity contribution in [3.8, 4) is 5.75 Å². The van der Waals surface area contributed by atoms with E-state index in [0.29, 0.717) is 23.2 Å². The van der Waals surface area contributed by atoms with E-state index >= 15 is 0 Å². The number of carbonyl (C=O) groups is 2. The van der Waals surface area contributed by atoms with E-state index < -0.39 is 0 Å². The number of nitrogens with zero attached hydrogens (tertiary/aromatic N) is 1. The van der Waals surface area contributed by atoms with Crippen LogP contribution in [0.25, 0.3) is 0 Å². The number of anilines is 1. The molecule has 2 rings (SSSR count). The number of nitrogens with one attached hydrogen (secondary N) is 2. The van der Waals surface area contributed by atoms with Crippen molar-refractivity contribution in [2.45, 2.75) is 19.8 Å². The lowest BCUT2D eigenvalue weighted by Gasteiger charge is -2.05. The van der Waals surface area contributed by atoms with Crippen molar-refractivity contribution in [2.75, 3.05) is 5.32 Å². The van der Waals surface area contributed by atoms with Gasteiger partial charge < -0.3 is 10.4 Å². The Morgan fingerprint density at radius 1 is 1.17 bits per heavy atom. The van der Waals surface area contributed by atoms with Gasteiger partial charge in [-0.05, 0) is 48.4 Å². The third-order valence-electron chi connectivity index (χ3n) is 3.16. The van der Waals surface area contributed by atoms with Gasteiger partial charge >= 0.3 is 0 Å². The first-order valence-electron chi connectivity index (χ1n) is 7.61. The molecule has 0 aliphatic heterocycles. The second kappa shape index (κ2) is 8.47. The molecule has 0 spiro atoms. The van der Waals surface area contributed by atoms with Gasteiger partial charge in [0.15, 0.2) is 0 Å². The molecule has 0 saturated carbocycles. The maximum atomic E-state index is 12.0. The van der Waals surface area contributed by atoms with Gasteiger partial charge in [0.1, 0.15) is 5.75 Å². The zero-order chi connectivity index (χ0) is 17.4. The van der Waals surface area contributed by atoms with Crippen LogP contribution in [-0.4, -0.2) is 23.1 Å². The minimum absolute atomic E-state index is 0.0505. The highest BCUT2D eigenvalue weighted by Gasteiger charge is 2.05. The predicted octanol–water partition coefficient (Wildman–Crippen LogP) is 2.89. The lowest BCUT2D eigenvalue weighted by molar-refractivity contribution is -0.116. The number of rotatable bonds is 6. The SMILES string of the molecule is CCCC(=O)Nc1ccc(C(=O)N/N=C/c2cccc(O)c2)cc1. The Bertz CT molecular complexity index is 739. The van der Waals surface area contributed by atoms with E-state index in [1.54, 1.807) is 42.5 Å². The Morgan fingerprint density at radius 3 is 2.58 bits per heavy atom. The summed E-state index contributed by atoms with van der Waals surface area (Å²) >= 11 is 0. The predicted molar refractivity (Wildman–Crippen MR) is 93.1 cm³/mol. The van der Waals surface area contributed by atoms with Crippen molar-refractivity contribution < 1.29 is 14.7 Å². The lowest BCUT2D eigenvalue weighted by atomic mass is 10.2. The second-order valence-corrected chi connectivity index (χ2v) is 5.17. The largest absolute Gasteiger partial charge is 0.508 e. The highest BCUT2D eigenvalue weighted by Crippen LogP contribution is 2.11. The van der Waals surface area contributed by atoms with E-state index in [2.05, 4.69) is 15.8 Å². The number of hydrazone groups is 1. The van der Waals surface area contributed by atoms with Crippen LogP contribution in [0, 0.1) is 0 Å². The summed E-state index contributed by atoms with van der Waals surface area (Å²) in [6.45, 7) is 1.93. The van der Waals surface area contributed by atoms with E-state index in [9.17, 15) is 14.7 Å². The zero-order valence-electron chi connectivity index (χ0n) is 13.3. The first kappa shape index (κ1) is 17.2. The van der Waals surface area contributed by atoms with Crippen LogP contribution in [0.1, 0.15) is 35.7 Å². The van der Waals surface area contributed by atoms with Crippen LogP contribution < -0.4 is 10.7 Å². The van der Waals surface area contributed by atoms with Crippen molar-refractivity contribution in [2.24, 2.45) is 5.10 Å². The first-order valence-corrected chi connectivity index (χ1v) is 7.61. The summed E-state index contributed by atoms with van der Waals surface area (Å²) < 4.78 is 0. The second-order valence-electron chi connectivity index (χ2n) is 5.17. The van der Waals surface area contributed by atoms with Gasteiger partial charge in [-0.15, -0.1) is 0 Å².